The Balaban J connectivity index is 1.94. The quantitative estimate of drug-likeness (QED) is 0.488. The smallest absolute Gasteiger partial charge is 0.0465 e. The molecule has 0 fully saturated rings. The number of rotatable bonds is 1. The van der Waals surface area contributed by atoms with Crippen LogP contribution in [0.2, 0.25) is 0 Å². The molecule has 0 amide bonds. The lowest BCUT2D eigenvalue weighted by Gasteiger charge is -1.91. The van der Waals surface area contributed by atoms with Gasteiger partial charge >= 0.3 is 0 Å². The summed E-state index contributed by atoms with van der Waals surface area (Å²) in [5.41, 5.74) is 6.27. The molecular formula is C16H11NS. The van der Waals surface area contributed by atoms with Crippen LogP contribution in [0.1, 0.15) is 0 Å². The van der Waals surface area contributed by atoms with Crippen LogP contribution >= 0.6 is 11.3 Å². The molecule has 0 bridgehead atoms. The normalized spacial score (nSPS) is 11.3. The van der Waals surface area contributed by atoms with Crippen LogP contribution in [-0.2, 0) is 0 Å². The summed E-state index contributed by atoms with van der Waals surface area (Å²) < 4.78 is 0. The van der Waals surface area contributed by atoms with Gasteiger partial charge in [-0.3, -0.25) is 0 Å². The first-order chi connectivity index (χ1) is 8.90. The number of aromatic amines is 1. The zero-order valence-corrected chi connectivity index (χ0v) is 10.5. The molecule has 1 aliphatic carbocycles. The SMILES string of the molecule is c1ccc2[nH]c(-c3cc4ccscc-4c3)cc2c1. The van der Waals surface area contributed by atoms with Crippen molar-refractivity contribution < 1.29 is 0 Å². The second kappa shape index (κ2) is 3.72. The highest BCUT2D eigenvalue weighted by Gasteiger charge is 2.09. The molecule has 0 spiro atoms. The highest BCUT2D eigenvalue weighted by atomic mass is 32.1. The Labute approximate surface area is 109 Å². The van der Waals surface area contributed by atoms with Crippen molar-refractivity contribution in [3.05, 3.63) is 59.3 Å². The molecule has 18 heavy (non-hydrogen) atoms. The maximum Gasteiger partial charge on any atom is 0.0465 e. The van der Waals surface area contributed by atoms with Gasteiger partial charge in [0.05, 0.1) is 0 Å². The van der Waals surface area contributed by atoms with E-state index in [2.05, 4.69) is 64.3 Å². The van der Waals surface area contributed by atoms with Crippen molar-refractivity contribution in [2.75, 3.05) is 0 Å². The lowest BCUT2D eigenvalue weighted by atomic mass is 10.2. The van der Waals surface area contributed by atoms with E-state index in [1.54, 1.807) is 11.3 Å². The third-order valence-corrected chi connectivity index (χ3v) is 4.00. The Morgan fingerprint density at radius 2 is 1.72 bits per heavy atom. The van der Waals surface area contributed by atoms with Crippen LogP contribution in [0.3, 0.4) is 0 Å². The van der Waals surface area contributed by atoms with E-state index in [1.807, 2.05) is 0 Å². The maximum atomic E-state index is 3.48. The maximum absolute atomic E-state index is 3.48. The summed E-state index contributed by atoms with van der Waals surface area (Å²) in [5, 5.41) is 5.58. The molecule has 1 aromatic heterocycles. The van der Waals surface area contributed by atoms with E-state index in [0.717, 1.165) is 0 Å². The average molecular weight is 249 g/mol. The van der Waals surface area contributed by atoms with Crippen LogP contribution in [-0.4, -0.2) is 4.98 Å². The fourth-order valence-corrected chi connectivity index (χ4v) is 3.05. The number of nitrogens with one attached hydrogen (secondary N) is 1. The summed E-state index contributed by atoms with van der Waals surface area (Å²) >= 11 is 1.74. The molecule has 0 atom stereocenters. The minimum Gasteiger partial charge on any atom is -0.355 e. The molecule has 2 heterocycles. The lowest BCUT2D eigenvalue weighted by molar-refractivity contribution is 1.47. The average Bonchev–Trinajstić information content (AvgIpc) is 3.02. The third kappa shape index (κ3) is 1.46. The van der Waals surface area contributed by atoms with E-state index in [9.17, 15) is 0 Å². The van der Waals surface area contributed by atoms with Crippen LogP contribution in [0.25, 0.3) is 33.3 Å². The van der Waals surface area contributed by atoms with E-state index in [1.165, 1.54) is 33.3 Å². The predicted molar refractivity (Wildman–Crippen MR) is 78.2 cm³/mol. The Morgan fingerprint density at radius 1 is 0.833 bits per heavy atom. The van der Waals surface area contributed by atoms with Crippen molar-refractivity contribution in [3.63, 3.8) is 0 Å². The van der Waals surface area contributed by atoms with Gasteiger partial charge in [0.15, 0.2) is 0 Å². The number of benzene rings is 1. The summed E-state index contributed by atoms with van der Waals surface area (Å²) in [4.78, 5) is 3.48. The molecule has 0 saturated carbocycles. The van der Waals surface area contributed by atoms with Crippen LogP contribution in [0, 0.1) is 0 Å². The highest BCUT2D eigenvalue weighted by molar-refractivity contribution is 7.07. The highest BCUT2D eigenvalue weighted by Crippen LogP contribution is 2.33. The standard InChI is InChI=1S/C16H11NS/c1-2-4-15-12(3-1)9-16(17-15)13-7-11-5-6-18-10-14(11)8-13/h1-10,17H. The minimum absolute atomic E-state index is 1.19. The first-order valence-corrected chi connectivity index (χ1v) is 6.88. The molecule has 0 unspecified atom stereocenters. The molecular weight excluding hydrogens is 238 g/mol. The van der Waals surface area contributed by atoms with Crippen molar-refractivity contribution >= 4 is 22.2 Å². The molecule has 86 valence electrons. The summed E-state index contributed by atoms with van der Waals surface area (Å²) in [6.45, 7) is 0. The fraction of sp³-hybridized carbons (Fsp3) is 0. The first-order valence-electron chi connectivity index (χ1n) is 5.94. The molecule has 1 nitrogen and oxygen atoms in total. The van der Waals surface area contributed by atoms with Gasteiger partial charge in [0.1, 0.15) is 0 Å². The minimum atomic E-state index is 1.19. The summed E-state index contributed by atoms with van der Waals surface area (Å²) in [6.07, 6.45) is 0. The Morgan fingerprint density at radius 3 is 2.61 bits per heavy atom. The molecule has 0 radical (unpaired) electrons. The number of H-pyrrole nitrogens is 1. The van der Waals surface area contributed by atoms with Crippen LogP contribution < -0.4 is 0 Å². The van der Waals surface area contributed by atoms with Crippen molar-refractivity contribution in [1.82, 2.24) is 4.98 Å². The van der Waals surface area contributed by atoms with E-state index in [0.29, 0.717) is 0 Å². The Bertz CT molecular complexity index is 730. The Hall–Kier alpha value is -2.06. The first kappa shape index (κ1) is 9.92. The van der Waals surface area contributed by atoms with Crippen LogP contribution in [0.5, 0.6) is 0 Å². The summed E-state index contributed by atoms with van der Waals surface area (Å²) in [5.74, 6) is 0. The molecule has 4 rings (SSSR count). The van der Waals surface area contributed by atoms with Crippen molar-refractivity contribution in [2.24, 2.45) is 0 Å². The largest absolute Gasteiger partial charge is 0.355 e. The van der Waals surface area contributed by atoms with Crippen molar-refractivity contribution in [2.45, 2.75) is 0 Å². The summed E-state index contributed by atoms with van der Waals surface area (Å²) in [6, 6.07) is 17.3. The second-order valence-corrected chi connectivity index (χ2v) is 5.26. The molecule has 1 N–H and O–H groups in total. The molecule has 2 heteroatoms. The number of para-hydroxylation sites is 1. The number of hydrogen-bond acceptors (Lipinski definition) is 1. The Kier molecular flexibility index (Phi) is 2.05. The van der Waals surface area contributed by atoms with E-state index >= 15 is 0 Å². The van der Waals surface area contributed by atoms with Gasteiger partial charge in [0, 0.05) is 16.6 Å². The van der Waals surface area contributed by atoms with Gasteiger partial charge in [-0.2, -0.15) is 11.3 Å². The van der Waals surface area contributed by atoms with Gasteiger partial charge in [0.2, 0.25) is 0 Å². The fourth-order valence-electron chi connectivity index (χ4n) is 2.40. The predicted octanol–water partition coefficient (Wildman–Crippen LogP) is 5.00. The van der Waals surface area contributed by atoms with Crippen molar-refractivity contribution in [1.29, 1.82) is 0 Å². The zero-order chi connectivity index (χ0) is 11.9. The molecule has 2 aliphatic rings. The number of aromatic nitrogens is 1. The van der Waals surface area contributed by atoms with Crippen LogP contribution in [0.15, 0.2) is 59.3 Å². The van der Waals surface area contributed by atoms with E-state index in [4.69, 9.17) is 0 Å². The van der Waals surface area contributed by atoms with Gasteiger partial charge in [-0.15, -0.1) is 0 Å². The van der Waals surface area contributed by atoms with Gasteiger partial charge in [-0.25, -0.2) is 0 Å². The van der Waals surface area contributed by atoms with Gasteiger partial charge in [-0.1, -0.05) is 18.2 Å². The zero-order valence-electron chi connectivity index (χ0n) is 9.68. The molecule has 2 aromatic rings. The topological polar surface area (TPSA) is 15.8 Å². The third-order valence-electron chi connectivity index (χ3n) is 3.32. The van der Waals surface area contributed by atoms with E-state index in [-0.39, 0.29) is 0 Å². The number of hydrogen-bond donors (Lipinski definition) is 1. The second-order valence-electron chi connectivity index (χ2n) is 4.48. The lowest BCUT2D eigenvalue weighted by Crippen LogP contribution is -1.70. The van der Waals surface area contributed by atoms with Crippen LogP contribution in [0.4, 0.5) is 0 Å². The van der Waals surface area contributed by atoms with Crippen molar-refractivity contribution in [3.8, 4) is 22.4 Å². The molecule has 1 aromatic carbocycles. The molecule has 1 aliphatic heterocycles. The number of fused-ring (bicyclic) bond motifs is 2. The van der Waals surface area contributed by atoms with Gasteiger partial charge in [-0.05, 0) is 57.8 Å². The molecule has 0 saturated heterocycles. The van der Waals surface area contributed by atoms with E-state index < -0.39 is 0 Å². The monoisotopic (exact) mass is 249 g/mol. The van der Waals surface area contributed by atoms with Gasteiger partial charge in [0.25, 0.3) is 0 Å². The van der Waals surface area contributed by atoms with Gasteiger partial charge < -0.3 is 4.98 Å². The summed E-state index contributed by atoms with van der Waals surface area (Å²) in [7, 11) is 0.